The Balaban J connectivity index is 2.03. The highest BCUT2D eigenvalue weighted by atomic mass is 16.5. The summed E-state index contributed by atoms with van der Waals surface area (Å²) in [4.78, 5) is 16.1. The van der Waals surface area contributed by atoms with Crippen LogP contribution in [0.3, 0.4) is 0 Å². The second kappa shape index (κ2) is 6.16. The van der Waals surface area contributed by atoms with Crippen molar-refractivity contribution in [3.63, 3.8) is 0 Å². The third kappa shape index (κ3) is 3.54. The van der Waals surface area contributed by atoms with E-state index in [1.54, 1.807) is 17.0 Å². The van der Waals surface area contributed by atoms with Gasteiger partial charge in [-0.05, 0) is 6.42 Å². The minimum atomic E-state index is -0.808. The quantitative estimate of drug-likeness (QED) is 0.817. The SMILES string of the molecule is CCCn1ccnc(NCC2(O)CCOCC2)c1=O. The van der Waals surface area contributed by atoms with E-state index < -0.39 is 5.60 Å². The molecule has 2 rings (SSSR count). The summed E-state index contributed by atoms with van der Waals surface area (Å²) >= 11 is 0. The van der Waals surface area contributed by atoms with Gasteiger partial charge in [0.15, 0.2) is 5.82 Å². The van der Waals surface area contributed by atoms with E-state index in [0.717, 1.165) is 6.42 Å². The molecule has 0 saturated carbocycles. The Morgan fingerprint density at radius 1 is 1.53 bits per heavy atom. The van der Waals surface area contributed by atoms with Crippen LogP contribution in [0.25, 0.3) is 0 Å². The molecule has 6 heteroatoms. The van der Waals surface area contributed by atoms with Gasteiger partial charge in [0.25, 0.3) is 5.56 Å². The highest BCUT2D eigenvalue weighted by Crippen LogP contribution is 2.20. The molecular weight excluding hydrogens is 246 g/mol. The van der Waals surface area contributed by atoms with Gasteiger partial charge in [0, 0.05) is 51.5 Å². The highest BCUT2D eigenvalue weighted by molar-refractivity contribution is 5.31. The number of hydrogen-bond donors (Lipinski definition) is 2. The molecule has 1 aromatic heterocycles. The fourth-order valence-electron chi connectivity index (χ4n) is 2.16. The number of nitrogens with zero attached hydrogens (tertiary/aromatic N) is 2. The van der Waals surface area contributed by atoms with Crippen molar-refractivity contribution in [1.82, 2.24) is 9.55 Å². The summed E-state index contributed by atoms with van der Waals surface area (Å²) < 4.78 is 6.85. The van der Waals surface area contributed by atoms with Gasteiger partial charge in [-0.2, -0.15) is 0 Å². The topological polar surface area (TPSA) is 76.4 Å². The van der Waals surface area contributed by atoms with Gasteiger partial charge >= 0.3 is 0 Å². The standard InChI is InChI=1S/C13H21N3O3/c1-2-6-16-7-5-14-11(12(16)17)15-10-13(18)3-8-19-9-4-13/h5,7,18H,2-4,6,8-10H2,1H3,(H,14,15). The molecule has 106 valence electrons. The van der Waals surface area contributed by atoms with Crippen molar-refractivity contribution in [2.75, 3.05) is 25.1 Å². The number of nitrogens with one attached hydrogen (secondary N) is 1. The maximum Gasteiger partial charge on any atom is 0.293 e. The first-order valence-corrected chi connectivity index (χ1v) is 6.74. The molecular formula is C13H21N3O3. The van der Waals surface area contributed by atoms with E-state index in [-0.39, 0.29) is 5.56 Å². The number of anilines is 1. The van der Waals surface area contributed by atoms with Crippen molar-refractivity contribution < 1.29 is 9.84 Å². The molecule has 0 bridgehead atoms. The lowest BCUT2D eigenvalue weighted by Gasteiger charge is -2.32. The van der Waals surface area contributed by atoms with Crippen molar-refractivity contribution in [3.8, 4) is 0 Å². The molecule has 1 aliphatic rings. The van der Waals surface area contributed by atoms with E-state index in [1.165, 1.54) is 0 Å². The van der Waals surface area contributed by atoms with Crippen LogP contribution in [0.5, 0.6) is 0 Å². The Hall–Kier alpha value is -1.40. The Morgan fingerprint density at radius 2 is 2.26 bits per heavy atom. The van der Waals surface area contributed by atoms with Gasteiger partial charge in [-0.1, -0.05) is 6.92 Å². The maximum atomic E-state index is 12.1. The molecule has 1 saturated heterocycles. The molecule has 1 aliphatic heterocycles. The molecule has 1 aromatic rings. The number of hydrogen-bond acceptors (Lipinski definition) is 5. The number of aliphatic hydroxyl groups is 1. The second-order valence-electron chi connectivity index (χ2n) is 4.96. The third-order valence-electron chi connectivity index (χ3n) is 3.39. The van der Waals surface area contributed by atoms with Crippen LogP contribution in [0.15, 0.2) is 17.2 Å². The zero-order chi connectivity index (χ0) is 13.7. The smallest absolute Gasteiger partial charge is 0.293 e. The number of ether oxygens (including phenoxy) is 1. The van der Waals surface area contributed by atoms with Crippen molar-refractivity contribution in [3.05, 3.63) is 22.7 Å². The van der Waals surface area contributed by atoms with Gasteiger partial charge in [-0.15, -0.1) is 0 Å². The van der Waals surface area contributed by atoms with Crippen LogP contribution in [-0.4, -0.2) is 40.0 Å². The lowest BCUT2D eigenvalue weighted by Crippen LogP contribution is -2.43. The summed E-state index contributed by atoms with van der Waals surface area (Å²) in [7, 11) is 0. The van der Waals surface area contributed by atoms with Crippen LogP contribution in [0.2, 0.25) is 0 Å². The van der Waals surface area contributed by atoms with Crippen LogP contribution in [-0.2, 0) is 11.3 Å². The molecule has 19 heavy (non-hydrogen) atoms. The molecule has 0 aliphatic carbocycles. The van der Waals surface area contributed by atoms with Gasteiger partial charge in [0.1, 0.15) is 0 Å². The molecule has 0 radical (unpaired) electrons. The van der Waals surface area contributed by atoms with Crippen molar-refractivity contribution in [1.29, 1.82) is 0 Å². The first kappa shape index (κ1) is 14.0. The van der Waals surface area contributed by atoms with Crippen molar-refractivity contribution in [2.24, 2.45) is 0 Å². The average Bonchev–Trinajstić information content (AvgIpc) is 2.41. The van der Waals surface area contributed by atoms with Crippen LogP contribution in [0, 0.1) is 0 Å². The van der Waals surface area contributed by atoms with E-state index >= 15 is 0 Å². The number of rotatable bonds is 5. The van der Waals surface area contributed by atoms with Gasteiger partial charge in [0.2, 0.25) is 0 Å². The average molecular weight is 267 g/mol. The molecule has 2 N–H and O–H groups in total. The molecule has 0 spiro atoms. The zero-order valence-electron chi connectivity index (χ0n) is 11.3. The normalized spacial score (nSPS) is 18.2. The van der Waals surface area contributed by atoms with Gasteiger partial charge in [-0.3, -0.25) is 4.79 Å². The molecule has 0 unspecified atom stereocenters. The van der Waals surface area contributed by atoms with Crippen LogP contribution < -0.4 is 10.9 Å². The van der Waals surface area contributed by atoms with E-state index in [4.69, 9.17) is 4.74 Å². The zero-order valence-corrected chi connectivity index (χ0v) is 11.3. The summed E-state index contributed by atoms with van der Waals surface area (Å²) in [5.74, 6) is 0.302. The van der Waals surface area contributed by atoms with E-state index in [2.05, 4.69) is 10.3 Å². The maximum absolute atomic E-state index is 12.1. The summed E-state index contributed by atoms with van der Waals surface area (Å²) in [6.07, 6.45) is 5.34. The molecule has 0 atom stereocenters. The van der Waals surface area contributed by atoms with Gasteiger partial charge in [-0.25, -0.2) is 4.98 Å². The molecule has 0 aromatic carbocycles. The Kier molecular flexibility index (Phi) is 4.55. The van der Waals surface area contributed by atoms with Crippen LogP contribution in [0.4, 0.5) is 5.82 Å². The van der Waals surface area contributed by atoms with Crippen molar-refractivity contribution in [2.45, 2.75) is 38.3 Å². The molecule has 2 heterocycles. The van der Waals surface area contributed by atoms with Gasteiger partial charge in [0.05, 0.1) is 5.60 Å². The van der Waals surface area contributed by atoms with E-state index in [0.29, 0.717) is 45.0 Å². The summed E-state index contributed by atoms with van der Waals surface area (Å²) in [5, 5.41) is 13.3. The largest absolute Gasteiger partial charge is 0.388 e. The first-order valence-electron chi connectivity index (χ1n) is 6.74. The lowest BCUT2D eigenvalue weighted by atomic mass is 9.94. The Morgan fingerprint density at radius 3 is 2.95 bits per heavy atom. The Bertz CT molecular complexity index is 466. The molecule has 1 fully saturated rings. The van der Waals surface area contributed by atoms with E-state index in [1.807, 2.05) is 6.92 Å². The monoisotopic (exact) mass is 267 g/mol. The minimum absolute atomic E-state index is 0.139. The second-order valence-corrected chi connectivity index (χ2v) is 4.96. The molecule has 0 amide bonds. The molecule has 6 nitrogen and oxygen atoms in total. The summed E-state index contributed by atoms with van der Waals surface area (Å²) in [6.45, 7) is 4.13. The summed E-state index contributed by atoms with van der Waals surface area (Å²) in [5.41, 5.74) is -0.947. The number of aryl methyl sites for hydroxylation is 1. The predicted octanol–water partition coefficient (Wildman–Crippen LogP) is 0.607. The number of aromatic nitrogens is 2. The first-order chi connectivity index (χ1) is 9.14. The Labute approximate surface area is 112 Å². The van der Waals surface area contributed by atoms with Crippen LogP contribution >= 0.6 is 0 Å². The summed E-state index contributed by atoms with van der Waals surface area (Å²) in [6, 6.07) is 0. The fraction of sp³-hybridized carbons (Fsp3) is 0.692. The highest BCUT2D eigenvalue weighted by Gasteiger charge is 2.29. The fourth-order valence-corrected chi connectivity index (χ4v) is 2.16. The van der Waals surface area contributed by atoms with Gasteiger partial charge < -0.3 is 19.7 Å². The van der Waals surface area contributed by atoms with Crippen LogP contribution in [0.1, 0.15) is 26.2 Å². The van der Waals surface area contributed by atoms with E-state index in [9.17, 15) is 9.90 Å². The minimum Gasteiger partial charge on any atom is -0.388 e. The third-order valence-corrected chi connectivity index (χ3v) is 3.39. The lowest BCUT2D eigenvalue weighted by molar-refractivity contribution is -0.0544. The van der Waals surface area contributed by atoms with Crippen molar-refractivity contribution >= 4 is 5.82 Å². The predicted molar refractivity (Wildman–Crippen MR) is 72.3 cm³/mol.